The molecule has 0 bridgehead atoms. The second kappa shape index (κ2) is 10.2. The third-order valence-corrected chi connectivity index (χ3v) is 8.17. The highest BCUT2D eigenvalue weighted by Gasteiger charge is 2.32. The van der Waals surface area contributed by atoms with Gasteiger partial charge in [0, 0.05) is 23.7 Å². The van der Waals surface area contributed by atoms with Crippen LogP contribution in [0.4, 0.5) is 0 Å². The molecule has 0 heterocycles. The molecular weight excluding hydrogens is 385 g/mol. The highest BCUT2D eigenvalue weighted by Crippen LogP contribution is 2.50. The van der Waals surface area contributed by atoms with Crippen LogP contribution in [0, 0.1) is 0 Å². The van der Waals surface area contributed by atoms with Gasteiger partial charge in [-0.25, -0.2) is 0 Å². The van der Waals surface area contributed by atoms with Crippen molar-refractivity contribution in [3.63, 3.8) is 0 Å². The van der Waals surface area contributed by atoms with Crippen molar-refractivity contribution in [3.05, 3.63) is 95.1 Å². The molecular formula is C27H34NOP. The first kappa shape index (κ1) is 22.5. The zero-order chi connectivity index (χ0) is 21.6. The van der Waals surface area contributed by atoms with Gasteiger partial charge in [0.2, 0.25) is 0 Å². The van der Waals surface area contributed by atoms with Gasteiger partial charge >= 0.3 is 0 Å². The molecule has 0 spiro atoms. The number of phenolic OH excluding ortho intramolecular Hbond substituents is 1. The van der Waals surface area contributed by atoms with E-state index in [1.165, 1.54) is 16.4 Å². The van der Waals surface area contributed by atoms with Gasteiger partial charge in [-0.15, -0.1) is 0 Å². The molecule has 0 fully saturated rings. The van der Waals surface area contributed by atoms with Gasteiger partial charge in [-0.1, -0.05) is 95.2 Å². The molecule has 0 aliphatic heterocycles. The molecule has 0 aliphatic rings. The predicted octanol–water partition coefficient (Wildman–Crippen LogP) is 6.06. The zero-order valence-electron chi connectivity index (χ0n) is 18.7. The molecule has 1 atom stereocenters. The van der Waals surface area contributed by atoms with Gasteiger partial charge in [0.05, 0.1) is 0 Å². The summed E-state index contributed by atoms with van der Waals surface area (Å²) in [5, 5.41) is 12.7. The molecule has 2 nitrogen and oxygen atoms in total. The normalized spacial score (nSPS) is 12.2. The van der Waals surface area contributed by atoms with Crippen LogP contribution in [-0.4, -0.2) is 24.1 Å². The lowest BCUT2D eigenvalue weighted by Crippen LogP contribution is -2.25. The number of para-hydroxylation sites is 1. The summed E-state index contributed by atoms with van der Waals surface area (Å²) in [6.45, 7) is 5.45. The minimum absolute atomic E-state index is 0.0564. The Morgan fingerprint density at radius 3 is 2.10 bits per heavy atom. The van der Waals surface area contributed by atoms with E-state index in [-0.39, 0.29) is 5.16 Å². The molecule has 3 heteroatoms. The van der Waals surface area contributed by atoms with Crippen LogP contribution in [0.5, 0.6) is 5.75 Å². The van der Waals surface area contributed by atoms with Gasteiger partial charge in [-0.05, 0) is 48.9 Å². The van der Waals surface area contributed by atoms with Crippen LogP contribution in [0.15, 0.2) is 72.8 Å². The van der Waals surface area contributed by atoms with Crippen molar-refractivity contribution in [1.82, 2.24) is 4.90 Å². The summed E-state index contributed by atoms with van der Waals surface area (Å²) >= 11 is 0. The molecule has 0 aromatic heterocycles. The maximum atomic E-state index is 11.3. The van der Waals surface area contributed by atoms with Gasteiger partial charge in [0.25, 0.3) is 0 Å². The average molecular weight is 420 g/mol. The Bertz CT molecular complexity index is 948. The minimum Gasteiger partial charge on any atom is -0.507 e. The van der Waals surface area contributed by atoms with E-state index in [1.54, 1.807) is 0 Å². The van der Waals surface area contributed by atoms with E-state index in [4.69, 9.17) is 0 Å². The lowest BCUT2D eigenvalue weighted by molar-refractivity contribution is 0.403. The van der Waals surface area contributed by atoms with Gasteiger partial charge in [-0.2, -0.15) is 0 Å². The standard InChI is InChI=1S/C27H34NOP/c1-5-27(6-2,30-25-18-11-10-15-23(25)20-28(3)4)24-17-12-16-22(26(24)29)19-21-13-8-7-9-14-21/h7-18,29-30H,5-6,19-20H2,1-4H3. The van der Waals surface area contributed by atoms with Gasteiger partial charge < -0.3 is 10.0 Å². The topological polar surface area (TPSA) is 23.5 Å². The summed E-state index contributed by atoms with van der Waals surface area (Å²) < 4.78 is 0. The minimum atomic E-state index is -0.0564. The maximum absolute atomic E-state index is 11.3. The van der Waals surface area contributed by atoms with Crippen LogP contribution in [-0.2, 0) is 18.1 Å². The summed E-state index contributed by atoms with van der Waals surface area (Å²) in [4.78, 5) is 2.22. The van der Waals surface area contributed by atoms with Crippen LogP contribution in [0.3, 0.4) is 0 Å². The lowest BCUT2D eigenvalue weighted by atomic mass is 9.89. The van der Waals surface area contributed by atoms with E-state index in [9.17, 15) is 5.11 Å². The van der Waals surface area contributed by atoms with E-state index in [0.717, 1.165) is 36.9 Å². The predicted molar refractivity (Wildman–Crippen MR) is 131 cm³/mol. The second-order valence-corrected chi connectivity index (χ2v) is 10.0. The third-order valence-electron chi connectivity index (χ3n) is 5.96. The van der Waals surface area contributed by atoms with Crippen LogP contribution in [0.2, 0.25) is 0 Å². The highest BCUT2D eigenvalue weighted by atomic mass is 31.1. The zero-order valence-corrected chi connectivity index (χ0v) is 19.7. The molecule has 30 heavy (non-hydrogen) atoms. The Kier molecular flexibility index (Phi) is 7.69. The third kappa shape index (κ3) is 5.12. The van der Waals surface area contributed by atoms with Crippen molar-refractivity contribution in [2.75, 3.05) is 14.1 Å². The number of phenols is 1. The Hall–Kier alpha value is -2.15. The number of nitrogens with zero attached hydrogens (tertiary/aromatic N) is 1. The summed E-state index contributed by atoms with van der Waals surface area (Å²) in [5.74, 6) is 0.475. The molecule has 158 valence electrons. The van der Waals surface area contributed by atoms with E-state index in [2.05, 4.69) is 99.6 Å². The van der Waals surface area contributed by atoms with E-state index < -0.39 is 0 Å². The van der Waals surface area contributed by atoms with Crippen LogP contribution in [0.25, 0.3) is 0 Å². The molecule has 3 aromatic rings. The fourth-order valence-corrected chi connectivity index (χ4v) is 5.90. The second-order valence-electron chi connectivity index (χ2n) is 8.28. The Morgan fingerprint density at radius 2 is 1.43 bits per heavy atom. The van der Waals surface area contributed by atoms with Gasteiger partial charge in [-0.3, -0.25) is 0 Å². The lowest BCUT2D eigenvalue weighted by Gasteiger charge is -2.34. The fraction of sp³-hybridized carbons (Fsp3) is 0.333. The summed E-state index contributed by atoms with van der Waals surface area (Å²) in [7, 11) is 4.85. The number of hydrogen-bond donors (Lipinski definition) is 1. The molecule has 3 rings (SSSR count). The maximum Gasteiger partial charge on any atom is 0.123 e. The number of benzene rings is 3. The average Bonchev–Trinajstić information content (AvgIpc) is 2.75. The summed E-state index contributed by atoms with van der Waals surface area (Å²) in [6, 6.07) is 25.5. The number of hydrogen-bond acceptors (Lipinski definition) is 2. The van der Waals surface area contributed by atoms with E-state index in [0.29, 0.717) is 14.3 Å². The molecule has 0 saturated carbocycles. The molecule has 3 aromatic carbocycles. The molecule has 0 radical (unpaired) electrons. The molecule has 0 saturated heterocycles. The fourth-order valence-electron chi connectivity index (χ4n) is 4.19. The first-order chi connectivity index (χ1) is 14.5. The van der Waals surface area contributed by atoms with Crippen LogP contribution < -0.4 is 5.30 Å². The van der Waals surface area contributed by atoms with Crippen molar-refractivity contribution in [1.29, 1.82) is 0 Å². The first-order valence-electron chi connectivity index (χ1n) is 10.8. The Balaban J connectivity index is 1.99. The van der Waals surface area contributed by atoms with Gasteiger partial charge in [0.15, 0.2) is 0 Å². The van der Waals surface area contributed by atoms with Crippen molar-refractivity contribution < 1.29 is 5.11 Å². The van der Waals surface area contributed by atoms with Crippen molar-refractivity contribution in [3.8, 4) is 5.75 Å². The first-order valence-corrected chi connectivity index (χ1v) is 11.8. The SMILES string of the molecule is CCC(CC)(Pc1ccccc1CN(C)C)c1cccc(Cc2ccccc2)c1O. The van der Waals surface area contributed by atoms with Gasteiger partial charge in [0.1, 0.15) is 5.75 Å². The largest absolute Gasteiger partial charge is 0.507 e. The monoisotopic (exact) mass is 419 g/mol. The Labute approximate surface area is 183 Å². The summed E-state index contributed by atoms with van der Waals surface area (Å²) in [6.07, 6.45) is 2.76. The van der Waals surface area contributed by atoms with Crippen LogP contribution in [0.1, 0.15) is 48.9 Å². The summed E-state index contributed by atoms with van der Waals surface area (Å²) in [5.41, 5.74) is 4.71. The van der Waals surface area contributed by atoms with Crippen LogP contribution >= 0.6 is 8.58 Å². The number of aromatic hydroxyl groups is 1. The number of rotatable bonds is 9. The van der Waals surface area contributed by atoms with Crippen molar-refractivity contribution >= 4 is 13.9 Å². The van der Waals surface area contributed by atoms with E-state index in [1.807, 2.05) is 6.07 Å². The molecule has 1 unspecified atom stereocenters. The van der Waals surface area contributed by atoms with Crippen molar-refractivity contribution in [2.45, 2.75) is 44.8 Å². The Morgan fingerprint density at radius 1 is 0.800 bits per heavy atom. The quantitative estimate of drug-likeness (QED) is 0.426. The smallest absolute Gasteiger partial charge is 0.123 e. The van der Waals surface area contributed by atoms with Crippen molar-refractivity contribution in [2.24, 2.45) is 0 Å². The molecule has 0 amide bonds. The molecule has 1 N–H and O–H groups in total. The van der Waals surface area contributed by atoms with E-state index >= 15 is 0 Å². The highest BCUT2D eigenvalue weighted by molar-refractivity contribution is 7.48. The molecule has 0 aliphatic carbocycles.